The van der Waals surface area contributed by atoms with Crippen molar-refractivity contribution in [3.8, 4) is 0 Å². The summed E-state index contributed by atoms with van der Waals surface area (Å²) < 4.78 is 11.3. The van der Waals surface area contributed by atoms with Gasteiger partial charge >= 0.3 is 17.1 Å². The third-order valence-corrected chi connectivity index (χ3v) is 10.4. The number of rotatable bonds is 4. The Morgan fingerprint density at radius 3 is 1.56 bits per heavy atom. The molecule has 0 radical (unpaired) electrons. The Labute approximate surface area is 187 Å². The van der Waals surface area contributed by atoms with Gasteiger partial charge in [0.2, 0.25) is 0 Å². The van der Waals surface area contributed by atoms with Crippen molar-refractivity contribution in [1.29, 1.82) is 0 Å². The first-order valence-corrected chi connectivity index (χ1v) is 13.4. The maximum absolute atomic E-state index is 6.23. The maximum Gasteiger partial charge on any atom is 2.00 e. The standard InChI is InChI=1S/C13H14Cl2O2P2.C5H10.2CH3.Fe/c14-19(15)11-5-1-4-10(11)18(12-6-2-8-16-12)13-7-3-9-17-13;1-2-4-5-3-1;;;/h2-3,6-11H,1,4-5H2;1-5H2;2*1H3;/q;;2*-1;+2. The van der Waals surface area contributed by atoms with Crippen LogP contribution in [-0.4, -0.2) is 11.3 Å². The van der Waals surface area contributed by atoms with E-state index in [2.05, 4.69) is 0 Å². The van der Waals surface area contributed by atoms with Crippen LogP contribution in [0.5, 0.6) is 0 Å². The minimum absolute atomic E-state index is 0. The fourth-order valence-corrected chi connectivity index (χ4v) is 9.69. The fraction of sp³-hybridized carbons (Fsp3) is 0.500. The van der Waals surface area contributed by atoms with E-state index in [0.717, 1.165) is 23.8 Å². The van der Waals surface area contributed by atoms with E-state index in [1.165, 1.54) is 38.5 Å². The zero-order chi connectivity index (χ0) is 16.8. The summed E-state index contributed by atoms with van der Waals surface area (Å²) >= 11 is 12.5. The van der Waals surface area contributed by atoms with E-state index in [-0.39, 0.29) is 31.9 Å². The topological polar surface area (TPSA) is 26.3 Å². The average Bonchev–Trinajstić information content (AvgIpc) is 3.37. The quantitative estimate of drug-likeness (QED) is 0.247. The molecule has 2 aliphatic carbocycles. The van der Waals surface area contributed by atoms with Crippen LogP contribution in [0.4, 0.5) is 0 Å². The van der Waals surface area contributed by atoms with Gasteiger partial charge in [0, 0.05) is 19.2 Å². The van der Waals surface area contributed by atoms with Crippen molar-refractivity contribution in [2.24, 2.45) is 0 Å². The number of hydrogen-bond donors (Lipinski definition) is 0. The Kier molecular flexibility index (Phi) is 14.8. The third kappa shape index (κ3) is 7.69. The second-order valence-electron chi connectivity index (χ2n) is 6.37. The molecule has 154 valence electrons. The normalized spacial score (nSPS) is 21.0. The molecule has 27 heavy (non-hydrogen) atoms. The molecule has 2 nitrogen and oxygen atoms in total. The first-order valence-electron chi connectivity index (χ1n) is 8.74. The molecule has 2 atom stereocenters. The van der Waals surface area contributed by atoms with Gasteiger partial charge in [0.25, 0.3) is 0 Å². The van der Waals surface area contributed by atoms with Gasteiger partial charge in [-0.05, 0) is 37.1 Å². The largest absolute Gasteiger partial charge is 2.00 e. The van der Waals surface area contributed by atoms with Gasteiger partial charge in [-0.25, -0.2) is 0 Å². The van der Waals surface area contributed by atoms with Crippen LogP contribution in [0.3, 0.4) is 0 Å². The molecule has 2 aliphatic rings. The minimum atomic E-state index is -0.948. The van der Waals surface area contributed by atoms with Crippen molar-refractivity contribution in [2.45, 2.75) is 62.7 Å². The van der Waals surface area contributed by atoms with E-state index in [9.17, 15) is 0 Å². The molecule has 0 aromatic carbocycles. The Hall–Kier alpha value is 0.519. The maximum atomic E-state index is 6.23. The van der Waals surface area contributed by atoms with Crippen molar-refractivity contribution < 1.29 is 25.9 Å². The molecule has 2 fully saturated rings. The van der Waals surface area contributed by atoms with Crippen LogP contribution in [0.2, 0.25) is 0 Å². The van der Waals surface area contributed by atoms with Gasteiger partial charge in [-0.15, -0.1) is 0 Å². The molecule has 0 bridgehead atoms. The van der Waals surface area contributed by atoms with E-state index in [4.69, 9.17) is 31.3 Å². The van der Waals surface area contributed by atoms with Crippen LogP contribution in [0.25, 0.3) is 0 Å². The first-order chi connectivity index (χ1) is 11.8. The number of hydrogen-bond acceptors (Lipinski definition) is 2. The summed E-state index contributed by atoms with van der Waals surface area (Å²) in [5, 5.41) is 0. The van der Waals surface area contributed by atoms with Gasteiger partial charge in [0.15, 0.2) is 0 Å². The molecule has 0 N–H and O–H groups in total. The summed E-state index contributed by atoms with van der Waals surface area (Å²) in [5.74, 6) is 0. The monoisotopic (exact) mass is 490 g/mol. The number of furan rings is 2. The predicted molar refractivity (Wildman–Crippen MR) is 120 cm³/mol. The molecule has 0 amide bonds. The zero-order valence-electron chi connectivity index (χ0n) is 16.1. The van der Waals surface area contributed by atoms with Gasteiger partial charge in [-0.3, -0.25) is 0 Å². The van der Waals surface area contributed by atoms with Crippen molar-refractivity contribution in [1.82, 2.24) is 0 Å². The molecule has 2 heterocycles. The average molecular weight is 491 g/mol. The molecule has 4 rings (SSSR count). The van der Waals surface area contributed by atoms with Gasteiger partial charge in [0.05, 0.1) is 19.2 Å². The van der Waals surface area contributed by atoms with Gasteiger partial charge < -0.3 is 23.7 Å². The van der Waals surface area contributed by atoms with Crippen LogP contribution in [0.1, 0.15) is 51.4 Å². The first kappa shape index (κ1) is 27.5. The summed E-state index contributed by atoms with van der Waals surface area (Å²) in [4.78, 5) is 0. The Morgan fingerprint density at radius 1 is 0.741 bits per heavy atom. The van der Waals surface area contributed by atoms with E-state index >= 15 is 0 Å². The molecule has 7 heteroatoms. The third-order valence-electron chi connectivity index (χ3n) is 4.76. The molecule has 0 saturated heterocycles. The van der Waals surface area contributed by atoms with Gasteiger partial charge in [-0.2, -0.15) is 0 Å². The summed E-state index contributed by atoms with van der Waals surface area (Å²) in [6.07, 6.45) is 14.4. The van der Waals surface area contributed by atoms with Crippen LogP contribution in [0.15, 0.2) is 45.6 Å². The summed E-state index contributed by atoms with van der Waals surface area (Å²) in [5.41, 5.74) is 2.87. The fourth-order valence-electron chi connectivity index (χ4n) is 3.58. The van der Waals surface area contributed by atoms with Crippen LogP contribution >= 0.6 is 37.0 Å². The second-order valence-corrected chi connectivity index (χ2v) is 12.5. The summed E-state index contributed by atoms with van der Waals surface area (Å²) in [6, 6.07) is 7.94. The van der Waals surface area contributed by atoms with E-state index in [1.807, 2.05) is 24.3 Å². The van der Waals surface area contributed by atoms with Crippen molar-refractivity contribution in [2.75, 3.05) is 0 Å². The van der Waals surface area contributed by atoms with E-state index in [1.54, 1.807) is 12.5 Å². The Balaban J connectivity index is 0.000000742. The van der Waals surface area contributed by atoms with Crippen LogP contribution in [0, 0.1) is 14.9 Å². The smallest absolute Gasteiger partial charge is 0.464 e. The molecule has 2 aromatic rings. The van der Waals surface area contributed by atoms with Gasteiger partial charge in [0.1, 0.15) is 11.0 Å². The van der Waals surface area contributed by atoms with Crippen LogP contribution < -0.4 is 11.0 Å². The Morgan fingerprint density at radius 2 is 1.19 bits per heavy atom. The predicted octanol–water partition coefficient (Wildman–Crippen LogP) is 7.86. The molecular weight excluding hydrogens is 461 g/mol. The van der Waals surface area contributed by atoms with Crippen molar-refractivity contribution >= 4 is 48.0 Å². The van der Waals surface area contributed by atoms with Crippen molar-refractivity contribution in [3.63, 3.8) is 0 Å². The number of halogens is 2. The molecule has 2 unspecified atom stereocenters. The molecule has 2 saturated carbocycles. The van der Waals surface area contributed by atoms with E-state index in [0.29, 0.717) is 11.3 Å². The Bertz CT molecular complexity index is 533. The molecular formula is C20H30Cl2FeO2P2. The van der Waals surface area contributed by atoms with E-state index < -0.39 is 14.5 Å². The molecule has 2 aromatic heterocycles. The summed E-state index contributed by atoms with van der Waals surface area (Å²) in [6.45, 7) is -0.948. The minimum Gasteiger partial charge on any atom is -0.464 e. The van der Waals surface area contributed by atoms with Gasteiger partial charge in [-0.1, -0.05) is 61.0 Å². The van der Waals surface area contributed by atoms with Crippen molar-refractivity contribution in [3.05, 3.63) is 51.6 Å². The van der Waals surface area contributed by atoms with Crippen LogP contribution in [-0.2, 0) is 17.1 Å². The SMILES string of the molecule is C1CCCC1.ClP(Cl)C1CCCC1P(c1ccco1)c1ccco1.[CH3-].[CH3-].[Fe+2]. The molecule has 0 spiro atoms. The second kappa shape index (κ2) is 14.5. The molecule has 0 aliphatic heterocycles. The summed E-state index contributed by atoms with van der Waals surface area (Å²) in [7, 11) is -0.636. The zero-order valence-corrected chi connectivity index (χ0v) is 20.5.